The van der Waals surface area contributed by atoms with Gasteiger partial charge in [-0.3, -0.25) is 14.6 Å². The Bertz CT molecular complexity index is 1750. The topological polar surface area (TPSA) is 155 Å². The second-order valence-electron chi connectivity index (χ2n) is 11.1. The van der Waals surface area contributed by atoms with Crippen molar-refractivity contribution in [1.29, 1.82) is 0 Å². The molecule has 186 valence electrons. The van der Waals surface area contributed by atoms with Crippen LogP contribution in [-0.4, -0.2) is 48.6 Å². The van der Waals surface area contributed by atoms with Gasteiger partial charge in [0.05, 0.1) is 17.3 Å². The van der Waals surface area contributed by atoms with E-state index in [0.717, 1.165) is 10.7 Å². The maximum atomic E-state index is 14.4. The number of benzene rings is 1. The summed E-state index contributed by atoms with van der Waals surface area (Å²) in [5.41, 5.74) is 1.02. The lowest BCUT2D eigenvalue weighted by Crippen LogP contribution is -3.13. The van der Waals surface area contributed by atoms with Gasteiger partial charge in [-0.15, -0.1) is 0 Å². The quantitative estimate of drug-likeness (QED) is 0.298. The molecule has 4 aromatic rings. The third-order valence-electron chi connectivity index (χ3n) is 10.2. The number of H-pyrrole nitrogens is 1. The number of nitrogens with zero attached hydrogens (tertiary/aromatic N) is 3. The summed E-state index contributed by atoms with van der Waals surface area (Å²) >= 11 is 0. The van der Waals surface area contributed by atoms with Crippen LogP contribution >= 0.6 is 0 Å². The van der Waals surface area contributed by atoms with Crippen LogP contribution in [0.2, 0.25) is 0 Å². The number of fused-ring (bicyclic) bond motifs is 2. The van der Waals surface area contributed by atoms with Crippen LogP contribution in [0.1, 0.15) is 26.5 Å². The predicted molar refractivity (Wildman–Crippen MR) is 122 cm³/mol. The van der Waals surface area contributed by atoms with Gasteiger partial charge in [0.2, 0.25) is 0 Å². The maximum absolute atomic E-state index is 14.4. The third-order valence-corrected chi connectivity index (χ3v) is 10.2. The Morgan fingerprint density at radius 1 is 1.11 bits per heavy atom. The first-order valence-electron chi connectivity index (χ1n) is 12.3. The van der Waals surface area contributed by atoms with E-state index in [1.165, 1.54) is 6.07 Å². The zero-order valence-electron chi connectivity index (χ0n) is 19.1. The van der Waals surface area contributed by atoms with Gasteiger partial charge >= 0.3 is 5.76 Å². The molecule has 6 fully saturated rings. The van der Waals surface area contributed by atoms with Crippen LogP contribution < -0.4 is 16.4 Å². The van der Waals surface area contributed by atoms with Gasteiger partial charge < -0.3 is 20.2 Å². The van der Waals surface area contributed by atoms with Crippen LogP contribution in [0.4, 0.5) is 4.39 Å². The second kappa shape index (κ2) is 5.91. The monoisotopic (exact) mass is 502 g/mol. The molecule has 11 nitrogen and oxygen atoms in total. The highest BCUT2D eigenvalue weighted by atomic mass is 19.1. The van der Waals surface area contributed by atoms with Crippen LogP contribution in [0, 0.1) is 46.7 Å². The smallest absolute Gasteiger partial charge is 0.408 e. The standard InChI is InChI=1S/C25H19FN6O5/c26-9-6-29-32-12(22(34)28-7-24-14-17-15(24)19-16(24)18(14)25(17,19)36)4-11(30-20(9)32)21(33)27-5-8-1-2-13-10(3-8)31-23(35)37-13/h1-4,6,14-19,36H,5,7H2,(H,27,33)(H,28,34)(H,31,35). The molecule has 2 amide bonds. The van der Waals surface area contributed by atoms with E-state index in [9.17, 15) is 23.9 Å². The molecule has 6 aliphatic rings. The molecule has 0 atom stereocenters. The number of nitrogens with one attached hydrogen (secondary N) is 3. The van der Waals surface area contributed by atoms with Gasteiger partial charge in [-0.2, -0.15) is 5.10 Å². The van der Waals surface area contributed by atoms with E-state index in [0.29, 0.717) is 58.7 Å². The predicted octanol–water partition coefficient (Wildman–Crippen LogP) is 0.445. The average molecular weight is 502 g/mol. The first-order chi connectivity index (χ1) is 17.8. The zero-order chi connectivity index (χ0) is 25.0. The van der Waals surface area contributed by atoms with Crippen molar-refractivity contribution in [2.45, 2.75) is 12.1 Å². The number of hydrogen-bond donors (Lipinski definition) is 4. The number of aromatic nitrogens is 4. The summed E-state index contributed by atoms with van der Waals surface area (Å²) < 4.78 is 20.5. The van der Waals surface area contributed by atoms with Gasteiger partial charge in [0.25, 0.3) is 11.8 Å². The summed E-state index contributed by atoms with van der Waals surface area (Å²) in [7, 11) is 0. The number of carbonyl (C=O) groups is 2. The van der Waals surface area contributed by atoms with Gasteiger partial charge in [-0.1, -0.05) is 6.07 Å². The van der Waals surface area contributed by atoms with E-state index >= 15 is 0 Å². The van der Waals surface area contributed by atoms with Gasteiger partial charge in [-0.05, 0) is 58.6 Å². The van der Waals surface area contributed by atoms with E-state index in [4.69, 9.17) is 4.42 Å². The van der Waals surface area contributed by atoms with Crippen LogP contribution in [0.5, 0.6) is 0 Å². The van der Waals surface area contributed by atoms with Crippen molar-refractivity contribution in [1.82, 2.24) is 30.2 Å². The molecule has 12 heteroatoms. The number of hydrogen-bond acceptors (Lipinski definition) is 7. The Hall–Kier alpha value is -4.06. The molecule has 4 N–H and O–H groups in total. The van der Waals surface area contributed by atoms with E-state index in [1.807, 2.05) is 0 Å². The van der Waals surface area contributed by atoms with Crippen LogP contribution in [0.25, 0.3) is 16.7 Å². The largest absolute Gasteiger partial charge is 0.417 e. The molecular weight excluding hydrogens is 483 g/mol. The minimum absolute atomic E-state index is 0.0204. The molecule has 0 radical (unpaired) electrons. The summed E-state index contributed by atoms with van der Waals surface area (Å²) in [5, 5.41) is 20.2. The Kier molecular flexibility index (Phi) is 3.20. The fourth-order valence-electron chi connectivity index (χ4n) is 8.97. The minimum Gasteiger partial charge on any atom is -0.408 e. The zero-order valence-corrected chi connectivity index (χ0v) is 19.1. The number of amides is 2. The molecule has 0 spiro atoms. The first kappa shape index (κ1) is 20.0. The normalized spacial score (nSPS) is 36.6. The molecule has 3 aromatic heterocycles. The Labute approximate surface area is 206 Å². The summed E-state index contributed by atoms with van der Waals surface area (Å²) in [6.45, 7) is 0.625. The Morgan fingerprint density at radius 2 is 1.86 bits per heavy atom. The van der Waals surface area contributed by atoms with Crippen molar-refractivity contribution in [2.24, 2.45) is 40.9 Å². The molecule has 0 aliphatic heterocycles. The van der Waals surface area contributed by atoms with Gasteiger partial charge in [0, 0.05) is 19.2 Å². The molecule has 3 heterocycles. The summed E-state index contributed by atoms with van der Waals surface area (Å²) in [4.78, 5) is 44.1. The first-order valence-corrected chi connectivity index (χ1v) is 12.3. The maximum Gasteiger partial charge on any atom is 0.417 e. The lowest BCUT2D eigenvalue weighted by molar-refractivity contribution is -0.659. The van der Waals surface area contributed by atoms with Crippen molar-refractivity contribution in [3.8, 4) is 0 Å². The van der Waals surface area contributed by atoms with E-state index in [1.54, 1.807) is 18.2 Å². The van der Waals surface area contributed by atoms with E-state index in [-0.39, 0.29) is 34.6 Å². The van der Waals surface area contributed by atoms with Crippen molar-refractivity contribution in [3.63, 3.8) is 0 Å². The SMILES string of the molecule is O=C(NCc1ccc2oc(=O)[nH]c2c1)c1cc(C(=O)NCC23C4C5C2C2C3C4C52O)n2ncc(F)c2n1. The minimum atomic E-state index is -0.743. The van der Waals surface area contributed by atoms with Gasteiger partial charge in [0.1, 0.15) is 11.4 Å². The molecule has 6 aliphatic carbocycles. The number of oxazole rings is 1. The van der Waals surface area contributed by atoms with Crippen LogP contribution in [0.15, 0.2) is 39.7 Å². The van der Waals surface area contributed by atoms with Crippen molar-refractivity contribution >= 4 is 28.6 Å². The molecule has 0 unspecified atom stereocenters. The van der Waals surface area contributed by atoms with Gasteiger partial charge in [-0.25, -0.2) is 18.7 Å². The molecule has 1 aromatic carbocycles. The van der Waals surface area contributed by atoms with E-state index in [2.05, 4.69) is 25.7 Å². The lowest BCUT2D eigenvalue weighted by atomic mass is 8.95. The fraction of sp³-hybridized carbons (Fsp3) is 0.400. The highest BCUT2D eigenvalue weighted by Crippen LogP contribution is 3.06. The van der Waals surface area contributed by atoms with Gasteiger partial charge in [0.15, 0.2) is 17.0 Å². The summed E-state index contributed by atoms with van der Waals surface area (Å²) in [6, 6.07) is 6.30. The van der Waals surface area contributed by atoms with Crippen molar-refractivity contribution in [3.05, 3.63) is 63.8 Å². The molecule has 37 heavy (non-hydrogen) atoms. The summed E-state index contributed by atoms with van der Waals surface area (Å²) in [6.07, 6.45) is 0.959. The summed E-state index contributed by atoms with van der Waals surface area (Å²) in [5.74, 6) is 0.435. The molecule has 10 rings (SSSR count). The van der Waals surface area contributed by atoms with Crippen molar-refractivity contribution < 1.29 is 23.5 Å². The van der Waals surface area contributed by atoms with Crippen LogP contribution in [0.3, 0.4) is 0 Å². The highest BCUT2D eigenvalue weighted by molar-refractivity contribution is 5.98. The van der Waals surface area contributed by atoms with Crippen LogP contribution in [-0.2, 0) is 6.54 Å². The second-order valence-corrected chi connectivity index (χ2v) is 11.1. The Balaban J connectivity index is 0.954. The Morgan fingerprint density at radius 3 is 2.62 bits per heavy atom. The average Bonchev–Trinajstić information content (AvgIpc) is 3.47. The fourth-order valence-corrected chi connectivity index (χ4v) is 8.97. The van der Waals surface area contributed by atoms with Crippen molar-refractivity contribution in [2.75, 3.05) is 6.54 Å². The number of carbonyl (C=O) groups excluding carboxylic acids is 2. The third kappa shape index (κ3) is 1.96. The molecule has 6 saturated carbocycles. The number of aromatic amines is 1. The highest BCUT2D eigenvalue weighted by Gasteiger charge is 3.09. The molecule has 0 saturated heterocycles. The van der Waals surface area contributed by atoms with E-state index < -0.39 is 23.4 Å². The number of halogens is 1. The number of rotatable bonds is 6. The molecule has 0 bridgehead atoms. The number of aliphatic hydroxyl groups is 1. The molecular formula is C25H19FN6O5. The lowest BCUT2D eigenvalue weighted by Gasteiger charge is -3.10.